The van der Waals surface area contributed by atoms with Gasteiger partial charge in [0.2, 0.25) is 0 Å². The van der Waals surface area contributed by atoms with E-state index in [1.54, 1.807) is 118 Å². The fraction of sp³-hybridized carbons (Fsp3) is 0.184. The molecular weight excluding hydrogens is 827 g/mol. The average Bonchev–Trinajstić information content (AvgIpc) is 3.26. The van der Waals surface area contributed by atoms with Crippen molar-refractivity contribution in [1.82, 2.24) is 0 Å². The van der Waals surface area contributed by atoms with Gasteiger partial charge in [0.25, 0.3) is 11.8 Å². The Morgan fingerprint density at radius 2 is 0.921 bits per heavy atom. The Morgan fingerprint density at radius 1 is 0.524 bits per heavy atom. The summed E-state index contributed by atoms with van der Waals surface area (Å²) in [5.74, 6) is -1.35. The summed E-state index contributed by atoms with van der Waals surface area (Å²) in [6.07, 6.45) is -8.57. The first kappa shape index (κ1) is 46.8. The number of alkyl halides is 6. The van der Waals surface area contributed by atoms with Crippen molar-refractivity contribution in [2.24, 2.45) is 0 Å². The van der Waals surface area contributed by atoms with Crippen molar-refractivity contribution in [3.05, 3.63) is 179 Å². The normalized spacial score (nSPS) is 11.1. The molecule has 0 atom stereocenters. The molecular formula is C49H42F6N2O6. The van der Waals surface area contributed by atoms with Crippen molar-refractivity contribution in [1.29, 1.82) is 0 Å². The fourth-order valence-corrected chi connectivity index (χ4v) is 6.33. The monoisotopic (exact) mass is 868 g/mol. The van der Waals surface area contributed by atoms with Crippen molar-refractivity contribution in [2.45, 2.75) is 39.0 Å². The van der Waals surface area contributed by atoms with Gasteiger partial charge in [-0.1, -0.05) is 84.9 Å². The molecule has 0 fully saturated rings. The van der Waals surface area contributed by atoms with Gasteiger partial charge in [-0.15, -0.1) is 0 Å². The minimum Gasteiger partial charge on any atom is -0.466 e. The Labute approximate surface area is 360 Å². The Morgan fingerprint density at radius 3 is 1.35 bits per heavy atom. The molecule has 0 aromatic heterocycles. The Balaban J connectivity index is 0.000000238. The van der Waals surface area contributed by atoms with E-state index in [4.69, 9.17) is 9.47 Å². The molecule has 0 aliphatic heterocycles. The molecule has 8 nitrogen and oxygen atoms in total. The summed E-state index contributed by atoms with van der Waals surface area (Å²) in [6, 6.07) is 36.6. The van der Waals surface area contributed by atoms with E-state index in [0.717, 1.165) is 35.4 Å². The number of nitrogens with zero attached hydrogens (tertiary/aromatic N) is 1. The summed E-state index contributed by atoms with van der Waals surface area (Å²) < 4.78 is 86.9. The van der Waals surface area contributed by atoms with E-state index >= 15 is 0 Å². The van der Waals surface area contributed by atoms with Crippen LogP contribution in [0.5, 0.6) is 0 Å². The molecule has 0 unspecified atom stereocenters. The molecule has 6 aromatic rings. The molecule has 63 heavy (non-hydrogen) atoms. The first-order valence-corrected chi connectivity index (χ1v) is 19.6. The molecule has 1 N–H and O–H groups in total. The standard InChI is InChI=1S/C25H22F3NO3.C24H20F3NO3/c1-3-32-23(30)16-17-8-14-20(15-9-17)29(2)24(31)22-7-5-4-6-21(22)18-10-12-19(13-11-18)25(26,27)28;1-2-31-22(29)15-16-7-13-19(14-8-16)28-23(30)21-6-4-3-5-20(21)17-9-11-18(12-10-17)24(25,26)27/h4-15H,3,16H2,1-2H3;3-14H,2,15H2,1H3,(H,28,30). The second kappa shape index (κ2) is 21.0. The van der Waals surface area contributed by atoms with Gasteiger partial charge in [0.1, 0.15) is 0 Å². The van der Waals surface area contributed by atoms with Crippen LogP contribution in [0, 0.1) is 0 Å². The van der Waals surface area contributed by atoms with Gasteiger partial charge >= 0.3 is 24.3 Å². The number of nitrogens with one attached hydrogen (secondary N) is 1. The number of hydrogen-bond donors (Lipinski definition) is 1. The van der Waals surface area contributed by atoms with Gasteiger partial charge < -0.3 is 19.7 Å². The maximum atomic E-state index is 13.2. The van der Waals surface area contributed by atoms with E-state index in [1.165, 1.54) is 29.2 Å². The highest BCUT2D eigenvalue weighted by Gasteiger charge is 2.31. The van der Waals surface area contributed by atoms with Crippen molar-refractivity contribution >= 4 is 35.1 Å². The molecule has 326 valence electrons. The number of ether oxygens (including phenoxy) is 2. The zero-order valence-electron chi connectivity index (χ0n) is 34.3. The van der Waals surface area contributed by atoms with Crippen LogP contribution in [0.3, 0.4) is 0 Å². The molecule has 0 aliphatic rings. The highest BCUT2D eigenvalue weighted by atomic mass is 19.4. The van der Waals surface area contributed by atoms with Crippen molar-refractivity contribution in [3.8, 4) is 22.3 Å². The quantitative estimate of drug-likeness (QED) is 0.0971. The van der Waals surface area contributed by atoms with E-state index < -0.39 is 29.4 Å². The summed E-state index contributed by atoms with van der Waals surface area (Å²) in [6.45, 7) is 4.10. The van der Waals surface area contributed by atoms with E-state index in [0.29, 0.717) is 58.0 Å². The second-order valence-electron chi connectivity index (χ2n) is 13.9. The molecule has 0 saturated heterocycles. The summed E-state index contributed by atoms with van der Waals surface area (Å²) >= 11 is 0. The third-order valence-electron chi connectivity index (χ3n) is 9.52. The van der Waals surface area contributed by atoms with Crippen LogP contribution in [0.2, 0.25) is 0 Å². The first-order chi connectivity index (χ1) is 30.0. The molecule has 2 amide bonds. The predicted octanol–water partition coefficient (Wildman–Crippen LogP) is 11.5. The van der Waals surface area contributed by atoms with E-state index in [9.17, 15) is 45.5 Å². The van der Waals surface area contributed by atoms with Gasteiger partial charge in [-0.25, -0.2) is 0 Å². The molecule has 0 spiro atoms. The average molecular weight is 869 g/mol. The lowest BCUT2D eigenvalue weighted by molar-refractivity contribution is -0.143. The molecule has 0 saturated carbocycles. The summed E-state index contributed by atoms with van der Waals surface area (Å²) in [7, 11) is 1.62. The van der Waals surface area contributed by atoms with E-state index in [1.807, 2.05) is 0 Å². The number of hydrogen-bond acceptors (Lipinski definition) is 6. The number of anilines is 2. The van der Waals surface area contributed by atoms with Crippen LogP contribution < -0.4 is 10.2 Å². The molecule has 14 heteroatoms. The number of carbonyl (C=O) groups excluding carboxylic acids is 4. The minimum absolute atomic E-state index is 0.138. The van der Waals surface area contributed by atoms with E-state index in [-0.39, 0.29) is 30.7 Å². The van der Waals surface area contributed by atoms with Gasteiger partial charge in [0, 0.05) is 29.5 Å². The number of amides is 2. The molecule has 0 heterocycles. The van der Waals surface area contributed by atoms with Gasteiger partial charge in [-0.2, -0.15) is 26.3 Å². The first-order valence-electron chi connectivity index (χ1n) is 19.6. The van der Waals surface area contributed by atoms with Crippen LogP contribution in [0.1, 0.15) is 56.8 Å². The maximum absolute atomic E-state index is 13.2. The Bertz CT molecular complexity index is 2500. The number of benzene rings is 6. The predicted molar refractivity (Wildman–Crippen MR) is 228 cm³/mol. The van der Waals surface area contributed by atoms with Crippen LogP contribution in [0.25, 0.3) is 22.3 Å². The van der Waals surface area contributed by atoms with Crippen LogP contribution in [0.15, 0.2) is 146 Å². The molecule has 0 bridgehead atoms. The van der Waals surface area contributed by atoms with Crippen molar-refractivity contribution < 1.29 is 55.0 Å². The molecule has 6 rings (SSSR count). The Hall–Kier alpha value is -7.22. The van der Waals surface area contributed by atoms with Gasteiger partial charge in [0.05, 0.1) is 37.2 Å². The highest BCUT2D eigenvalue weighted by molar-refractivity contribution is 6.10. The van der Waals surface area contributed by atoms with Crippen LogP contribution in [-0.2, 0) is 44.3 Å². The summed E-state index contributed by atoms with van der Waals surface area (Å²) in [5, 5.41) is 2.77. The number of halogens is 6. The number of esters is 2. The smallest absolute Gasteiger partial charge is 0.416 e. The minimum atomic E-state index is -4.42. The lowest BCUT2D eigenvalue weighted by Gasteiger charge is -2.20. The van der Waals surface area contributed by atoms with Gasteiger partial charge in [0.15, 0.2) is 0 Å². The number of rotatable bonds is 12. The fourth-order valence-electron chi connectivity index (χ4n) is 6.33. The molecule has 0 aliphatic carbocycles. The topological polar surface area (TPSA) is 102 Å². The van der Waals surface area contributed by atoms with Gasteiger partial charge in [-0.3, -0.25) is 19.2 Å². The highest BCUT2D eigenvalue weighted by Crippen LogP contribution is 2.34. The third kappa shape index (κ3) is 12.9. The number of carbonyl (C=O) groups is 4. The molecule has 6 aromatic carbocycles. The largest absolute Gasteiger partial charge is 0.466 e. The second-order valence-corrected chi connectivity index (χ2v) is 13.9. The summed E-state index contributed by atoms with van der Waals surface area (Å²) in [4.78, 5) is 50.6. The lowest BCUT2D eigenvalue weighted by Crippen LogP contribution is -2.26. The van der Waals surface area contributed by atoms with Crippen molar-refractivity contribution in [2.75, 3.05) is 30.5 Å². The molecule has 0 radical (unpaired) electrons. The summed E-state index contributed by atoms with van der Waals surface area (Å²) in [5.41, 5.74) is 3.94. The van der Waals surface area contributed by atoms with Gasteiger partial charge in [-0.05, 0) is 108 Å². The zero-order valence-corrected chi connectivity index (χ0v) is 34.3. The lowest BCUT2D eigenvalue weighted by atomic mass is 9.97. The van der Waals surface area contributed by atoms with Crippen LogP contribution >= 0.6 is 0 Å². The maximum Gasteiger partial charge on any atom is 0.416 e. The van der Waals surface area contributed by atoms with Crippen LogP contribution in [0.4, 0.5) is 37.7 Å². The van der Waals surface area contributed by atoms with Crippen LogP contribution in [-0.4, -0.2) is 44.0 Å². The van der Waals surface area contributed by atoms with Crippen molar-refractivity contribution in [3.63, 3.8) is 0 Å². The van der Waals surface area contributed by atoms with E-state index in [2.05, 4.69) is 5.32 Å². The Kier molecular flexibility index (Phi) is 15.6. The zero-order chi connectivity index (χ0) is 45.7. The third-order valence-corrected chi connectivity index (χ3v) is 9.52. The SMILES string of the molecule is CCOC(=O)Cc1ccc(N(C)C(=O)c2ccccc2-c2ccc(C(F)(F)F)cc2)cc1.CCOC(=O)Cc1ccc(NC(=O)c2ccccc2-c2ccc(C(F)(F)F)cc2)cc1.